The molecule has 2 saturated carbocycles. The second kappa shape index (κ2) is 8.18. The maximum absolute atomic E-state index is 12.9. The number of rotatable bonds is 4. The number of hydrogen-bond donors (Lipinski definition) is 1. The number of anilines is 1. The topological polar surface area (TPSA) is 35.6 Å². The van der Waals surface area contributed by atoms with Gasteiger partial charge >= 0.3 is 0 Å². The number of nitrogens with zero attached hydrogens (tertiary/aromatic N) is 2. The minimum Gasteiger partial charge on any atom is -0.382 e. The zero-order valence-corrected chi connectivity index (χ0v) is 16.3. The van der Waals surface area contributed by atoms with Crippen LogP contribution in [-0.2, 0) is 4.79 Å². The van der Waals surface area contributed by atoms with Crippen LogP contribution in [0, 0.1) is 5.92 Å². The summed E-state index contributed by atoms with van der Waals surface area (Å²) >= 11 is 5.95. The van der Waals surface area contributed by atoms with Gasteiger partial charge in [0, 0.05) is 54.9 Å². The van der Waals surface area contributed by atoms with Crippen LogP contribution in [0.2, 0.25) is 5.02 Å². The molecule has 26 heavy (non-hydrogen) atoms. The first-order chi connectivity index (χ1) is 12.7. The quantitative estimate of drug-likeness (QED) is 0.863. The zero-order valence-electron chi connectivity index (χ0n) is 15.5. The second-order valence-electron chi connectivity index (χ2n) is 8.15. The Kier molecular flexibility index (Phi) is 5.70. The van der Waals surface area contributed by atoms with E-state index in [4.69, 9.17) is 11.6 Å². The lowest BCUT2D eigenvalue weighted by molar-refractivity contribution is -0.139. The lowest BCUT2D eigenvalue weighted by atomic mass is 9.84. The molecule has 1 aromatic carbocycles. The van der Waals surface area contributed by atoms with Gasteiger partial charge in [0.25, 0.3) is 0 Å². The van der Waals surface area contributed by atoms with Crippen LogP contribution in [-0.4, -0.2) is 54.0 Å². The molecule has 1 aliphatic heterocycles. The summed E-state index contributed by atoms with van der Waals surface area (Å²) in [6, 6.07) is 9.17. The van der Waals surface area contributed by atoms with E-state index >= 15 is 0 Å². The number of halogens is 1. The molecule has 0 spiro atoms. The minimum absolute atomic E-state index is 0.230. The molecule has 1 aromatic rings. The third-order valence-electron chi connectivity index (χ3n) is 6.51. The summed E-state index contributed by atoms with van der Waals surface area (Å²) in [6.45, 7) is 4.00. The Morgan fingerprint density at radius 3 is 2.15 bits per heavy atom. The first kappa shape index (κ1) is 18.1. The Morgan fingerprint density at radius 1 is 0.923 bits per heavy atom. The van der Waals surface area contributed by atoms with Crippen molar-refractivity contribution in [2.45, 2.75) is 57.0 Å². The summed E-state index contributed by atoms with van der Waals surface area (Å²) in [5, 5.41) is 4.35. The zero-order chi connectivity index (χ0) is 17.9. The van der Waals surface area contributed by atoms with Crippen molar-refractivity contribution in [1.29, 1.82) is 0 Å². The van der Waals surface area contributed by atoms with Gasteiger partial charge in [0.1, 0.15) is 0 Å². The molecule has 1 heterocycles. The highest BCUT2D eigenvalue weighted by Gasteiger charge is 2.33. The molecular weight excluding hydrogens is 346 g/mol. The largest absolute Gasteiger partial charge is 0.382 e. The fraction of sp³-hybridized carbons (Fsp3) is 0.667. The minimum atomic E-state index is 0.230. The molecule has 0 aromatic heterocycles. The van der Waals surface area contributed by atoms with E-state index in [9.17, 15) is 4.79 Å². The maximum Gasteiger partial charge on any atom is 0.225 e. The summed E-state index contributed by atoms with van der Waals surface area (Å²) in [7, 11) is 0. The third-order valence-corrected chi connectivity index (χ3v) is 6.76. The van der Waals surface area contributed by atoms with E-state index < -0.39 is 0 Å². The normalized spacial score (nSPS) is 27.8. The predicted octanol–water partition coefficient (Wildman–Crippen LogP) is 4.01. The van der Waals surface area contributed by atoms with Gasteiger partial charge in [-0.25, -0.2) is 0 Å². The number of amides is 1. The molecule has 4 nitrogen and oxygen atoms in total. The van der Waals surface area contributed by atoms with Crippen LogP contribution in [0.4, 0.5) is 5.69 Å². The van der Waals surface area contributed by atoms with Gasteiger partial charge in [-0.3, -0.25) is 9.69 Å². The van der Waals surface area contributed by atoms with Crippen molar-refractivity contribution in [2.24, 2.45) is 5.92 Å². The number of carbonyl (C=O) groups is 1. The molecule has 142 valence electrons. The standard InChI is InChI=1S/C21H30ClN3O/c22-17-6-10-19(11-7-17)23-18-8-4-16(5-9-18)21(26)25-14-12-24(13-15-25)20-2-1-3-20/h6-7,10-11,16,18,20,23H,1-5,8-9,12-15H2/t16-,18+. The van der Waals surface area contributed by atoms with Gasteiger partial charge in [-0.15, -0.1) is 0 Å². The van der Waals surface area contributed by atoms with Crippen LogP contribution in [0.25, 0.3) is 0 Å². The van der Waals surface area contributed by atoms with E-state index in [1.165, 1.54) is 19.3 Å². The summed E-state index contributed by atoms with van der Waals surface area (Å²) in [6.07, 6.45) is 8.26. The van der Waals surface area contributed by atoms with Gasteiger partial charge in [0.2, 0.25) is 5.91 Å². The highest BCUT2D eigenvalue weighted by molar-refractivity contribution is 6.30. The Bertz CT molecular complexity index is 600. The summed E-state index contributed by atoms with van der Waals surface area (Å²) in [5.74, 6) is 0.636. The van der Waals surface area contributed by atoms with Crippen molar-refractivity contribution in [3.63, 3.8) is 0 Å². The molecule has 3 fully saturated rings. The first-order valence-electron chi connectivity index (χ1n) is 10.2. The average Bonchev–Trinajstić information content (AvgIpc) is 2.63. The van der Waals surface area contributed by atoms with Crippen molar-refractivity contribution in [3.8, 4) is 0 Å². The summed E-state index contributed by atoms with van der Waals surface area (Å²) in [4.78, 5) is 17.6. The van der Waals surface area contributed by atoms with Crippen molar-refractivity contribution in [1.82, 2.24) is 9.80 Å². The molecule has 0 atom stereocenters. The molecule has 1 amide bonds. The van der Waals surface area contributed by atoms with Crippen molar-refractivity contribution in [3.05, 3.63) is 29.3 Å². The van der Waals surface area contributed by atoms with Crippen molar-refractivity contribution in [2.75, 3.05) is 31.5 Å². The molecule has 1 N–H and O–H groups in total. The molecule has 4 rings (SSSR count). The molecule has 3 aliphatic rings. The van der Waals surface area contributed by atoms with Crippen LogP contribution in [0.1, 0.15) is 44.9 Å². The van der Waals surface area contributed by atoms with E-state index in [0.29, 0.717) is 11.9 Å². The fourth-order valence-corrected chi connectivity index (χ4v) is 4.71. The highest BCUT2D eigenvalue weighted by Crippen LogP contribution is 2.30. The van der Waals surface area contributed by atoms with Gasteiger partial charge in [0.15, 0.2) is 0 Å². The Balaban J connectivity index is 1.21. The van der Waals surface area contributed by atoms with Gasteiger partial charge < -0.3 is 10.2 Å². The molecule has 0 bridgehead atoms. The molecule has 0 radical (unpaired) electrons. The van der Waals surface area contributed by atoms with Crippen LogP contribution >= 0.6 is 11.6 Å². The lowest BCUT2D eigenvalue weighted by Gasteiger charge is -2.44. The molecule has 2 aliphatic carbocycles. The Labute approximate surface area is 161 Å². The highest BCUT2D eigenvalue weighted by atomic mass is 35.5. The Hall–Kier alpha value is -1.26. The SMILES string of the molecule is O=C([C@H]1CC[C@@H](Nc2ccc(Cl)cc2)CC1)N1CCN(C2CCC2)CC1. The number of piperazine rings is 1. The molecular formula is C21H30ClN3O. The van der Waals surface area contributed by atoms with Crippen LogP contribution in [0.5, 0.6) is 0 Å². The van der Waals surface area contributed by atoms with E-state index in [0.717, 1.165) is 68.6 Å². The van der Waals surface area contributed by atoms with Gasteiger partial charge in [0.05, 0.1) is 0 Å². The van der Waals surface area contributed by atoms with Crippen LogP contribution in [0.15, 0.2) is 24.3 Å². The Morgan fingerprint density at radius 2 is 1.58 bits per heavy atom. The average molecular weight is 376 g/mol. The first-order valence-corrected chi connectivity index (χ1v) is 10.6. The van der Waals surface area contributed by atoms with Gasteiger partial charge in [-0.2, -0.15) is 0 Å². The van der Waals surface area contributed by atoms with Crippen LogP contribution in [0.3, 0.4) is 0 Å². The van der Waals surface area contributed by atoms with Gasteiger partial charge in [-0.05, 0) is 62.8 Å². The van der Waals surface area contributed by atoms with E-state index in [1.807, 2.05) is 24.3 Å². The predicted molar refractivity (Wildman–Crippen MR) is 107 cm³/mol. The lowest BCUT2D eigenvalue weighted by Crippen LogP contribution is -2.54. The smallest absolute Gasteiger partial charge is 0.225 e. The molecule has 5 heteroatoms. The van der Waals surface area contributed by atoms with Crippen LogP contribution < -0.4 is 5.32 Å². The second-order valence-corrected chi connectivity index (χ2v) is 8.58. The number of benzene rings is 1. The van der Waals surface area contributed by atoms with E-state index in [1.54, 1.807) is 0 Å². The monoisotopic (exact) mass is 375 g/mol. The molecule has 0 unspecified atom stereocenters. The van der Waals surface area contributed by atoms with Crippen molar-refractivity contribution >= 4 is 23.2 Å². The summed E-state index contributed by atoms with van der Waals surface area (Å²) < 4.78 is 0. The fourth-order valence-electron chi connectivity index (χ4n) is 4.58. The maximum atomic E-state index is 12.9. The number of hydrogen-bond acceptors (Lipinski definition) is 3. The number of nitrogens with one attached hydrogen (secondary N) is 1. The van der Waals surface area contributed by atoms with Gasteiger partial charge in [-0.1, -0.05) is 18.0 Å². The third kappa shape index (κ3) is 4.17. The van der Waals surface area contributed by atoms with E-state index in [-0.39, 0.29) is 5.92 Å². The van der Waals surface area contributed by atoms with E-state index in [2.05, 4.69) is 15.1 Å². The van der Waals surface area contributed by atoms with Crippen molar-refractivity contribution < 1.29 is 4.79 Å². The molecule has 1 saturated heterocycles. The summed E-state index contributed by atoms with van der Waals surface area (Å²) in [5.41, 5.74) is 1.12. The number of carbonyl (C=O) groups excluding carboxylic acids is 1.